The first-order valence-electron chi connectivity index (χ1n) is 9.45. The lowest BCUT2D eigenvalue weighted by molar-refractivity contribution is 0.0382. The molecule has 0 spiro atoms. The number of nitrogens with two attached hydrogens (primary N) is 1. The molecule has 1 saturated heterocycles. The molecule has 0 radical (unpaired) electrons. The fourth-order valence-electron chi connectivity index (χ4n) is 3.62. The van der Waals surface area contributed by atoms with Gasteiger partial charge in [-0.05, 0) is 25.5 Å². The van der Waals surface area contributed by atoms with E-state index >= 15 is 0 Å². The molecule has 8 nitrogen and oxygen atoms in total. The summed E-state index contributed by atoms with van der Waals surface area (Å²) in [7, 11) is -4.49. The summed E-state index contributed by atoms with van der Waals surface area (Å²) in [5.41, 5.74) is 6.37. The third-order valence-corrected chi connectivity index (χ3v) is 6.93. The number of H-pyrrole nitrogens is 1. The molecular formula is C19H21F2N5O3S. The van der Waals surface area contributed by atoms with E-state index in [9.17, 15) is 17.2 Å². The van der Waals surface area contributed by atoms with Crippen molar-refractivity contribution in [3.63, 3.8) is 0 Å². The second-order valence-corrected chi connectivity index (χ2v) is 8.94. The Morgan fingerprint density at radius 3 is 2.83 bits per heavy atom. The Morgan fingerprint density at radius 2 is 2.10 bits per heavy atom. The summed E-state index contributed by atoms with van der Waals surface area (Å²) in [6, 6.07) is 2.97. The number of hydrogen-bond donors (Lipinski definition) is 2. The number of aryl methyl sites for hydroxylation is 1. The first-order chi connectivity index (χ1) is 14.2. The summed E-state index contributed by atoms with van der Waals surface area (Å²) in [6.07, 6.45) is 0.829. The van der Waals surface area contributed by atoms with Crippen LogP contribution in [-0.4, -0.2) is 49.2 Å². The lowest BCUT2D eigenvalue weighted by Gasteiger charge is -2.33. The molecule has 3 heterocycles. The molecule has 160 valence electrons. The molecule has 4 rings (SSSR count). The highest BCUT2D eigenvalue weighted by Crippen LogP contribution is 2.37. The van der Waals surface area contributed by atoms with Crippen LogP contribution in [0.5, 0.6) is 0 Å². The Bertz CT molecular complexity index is 1230. The first-order valence-corrected chi connectivity index (χ1v) is 10.9. The van der Waals surface area contributed by atoms with E-state index in [0.29, 0.717) is 36.9 Å². The van der Waals surface area contributed by atoms with Crippen molar-refractivity contribution in [1.82, 2.24) is 15.0 Å². The minimum atomic E-state index is -4.49. The molecule has 0 bridgehead atoms. The average Bonchev–Trinajstić information content (AvgIpc) is 3.05. The Morgan fingerprint density at radius 1 is 1.33 bits per heavy atom. The Hall–Kier alpha value is -2.79. The van der Waals surface area contributed by atoms with Crippen LogP contribution in [0.25, 0.3) is 11.0 Å². The number of aromatic amines is 1. The second kappa shape index (κ2) is 7.47. The van der Waals surface area contributed by atoms with E-state index in [4.69, 9.17) is 10.5 Å². The summed E-state index contributed by atoms with van der Waals surface area (Å²) in [4.78, 5) is 12.4. The van der Waals surface area contributed by atoms with Crippen LogP contribution in [0.3, 0.4) is 0 Å². The third kappa shape index (κ3) is 3.27. The summed E-state index contributed by atoms with van der Waals surface area (Å²) in [5, 5.41) is 0. The van der Waals surface area contributed by atoms with Gasteiger partial charge in [0.2, 0.25) is 9.84 Å². The molecule has 1 aromatic carbocycles. The molecule has 11 heteroatoms. The zero-order valence-corrected chi connectivity index (χ0v) is 17.3. The lowest BCUT2D eigenvalue weighted by Crippen LogP contribution is -2.42. The van der Waals surface area contributed by atoms with Gasteiger partial charge in [0.15, 0.2) is 17.5 Å². The topological polar surface area (TPSA) is 114 Å². The van der Waals surface area contributed by atoms with E-state index in [1.165, 1.54) is 0 Å². The first kappa shape index (κ1) is 20.5. The van der Waals surface area contributed by atoms with Crippen molar-refractivity contribution in [2.24, 2.45) is 0 Å². The van der Waals surface area contributed by atoms with Gasteiger partial charge in [-0.15, -0.1) is 0 Å². The van der Waals surface area contributed by atoms with Crippen LogP contribution >= 0.6 is 0 Å². The van der Waals surface area contributed by atoms with Gasteiger partial charge in [-0.25, -0.2) is 27.2 Å². The lowest BCUT2D eigenvalue weighted by atomic mass is 10.2. The maximum Gasteiger partial charge on any atom is 0.215 e. The van der Waals surface area contributed by atoms with Crippen LogP contribution < -0.4 is 10.6 Å². The van der Waals surface area contributed by atoms with Gasteiger partial charge in [0.25, 0.3) is 0 Å². The smallest absolute Gasteiger partial charge is 0.215 e. The van der Waals surface area contributed by atoms with Gasteiger partial charge in [0.1, 0.15) is 32.5 Å². The van der Waals surface area contributed by atoms with Gasteiger partial charge in [0, 0.05) is 13.1 Å². The van der Waals surface area contributed by atoms with E-state index in [-0.39, 0.29) is 17.4 Å². The number of nitrogens with zero attached hydrogens (tertiary/aromatic N) is 3. The number of rotatable bonds is 4. The molecule has 3 aromatic rings. The van der Waals surface area contributed by atoms with Crippen LogP contribution in [0.4, 0.5) is 20.4 Å². The largest absolute Gasteiger partial charge is 0.384 e. The molecule has 0 amide bonds. The van der Waals surface area contributed by atoms with E-state index in [1.807, 2.05) is 11.8 Å². The number of sulfone groups is 1. The van der Waals surface area contributed by atoms with Crippen molar-refractivity contribution in [1.29, 1.82) is 0 Å². The standard InChI is InChI=1S/C19H21F2N5O3S/c1-3-11-9-26(7-8-29-11)19-16-15(23-10(2)24-19)17(18(22)25-16)30(27,28)13-6-4-5-12(20)14(13)21/h4-6,11,25H,3,7-9,22H2,1-2H3. The minimum absolute atomic E-state index is 0.0148. The van der Waals surface area contributed by atoms with Crippen LogP contribution in [-0.2, 0) is 14.6 Å². The number of aromatic nitrogens is 3. The maximum absolute atomic E-state index is 14.3. The molecule has 3 N–H and O–H groups in total. The minimum Gasteiger partial charge on any atom is -0.384 e. The highest BCUT2D eigenvalue weighted by molar-refractivity contribution is 7.92. The van der Waals surface area contributed by atoms with Gasteiger partial charge >= 0.3 is 0 Å². The van der Waals surface area contributed by atoms with E-state index < -0.39 is 31.3 Å². The third-order valence-electron chi connectivity index (χ3n) is 5.09. The number of fused-ring (bicyclic) bond motifs is 1. The predicted molar refractivity (Wildman–Crippen MR) is 107 cm³/mol. The number of nitrogens with one attached hydrogen (secondary N) is 1. The molecule has 2 aromatic heterocycles. The van der Waals surface area contributed by atoms with E-state index in [2.05, 4.69) is 15.0 Å². The van der Waals surface area contributed by atoms with Crippen molar-refractivity contribution in [2.75, 3.05) is 30.3 Å². The van der Waals surface area contributed by atoms with Gasteiger partial charge < -0.3 is 20.4 Å². The Labute approximate surface area is 172 Å². The zero-order valence-electron chi connectivity index (χ0n) is 16.4. The SMILES string of the molecule is CCC1CN(c2nc(C)nc3c(S(=O)(=O)c4cccc(F)c4F)c(N)[nH]c23)CCO1. The number of anilines is 2. The number of halogens is 2. The molecule has 1 atom stereocenters. The highest BCUT2D eigenvalue weighted by Gasteiger charge is 2.32. The fourth-order valence-corrected chi connectivity index (χ4v) is 5.17. The molecule has 1 aliphatic heterocycles. The van der Waals surface area contributed by atoms with Gasteiger partial charge in [0.05, 0.1) is 12.7 Å². The molecule has 1 fully saturated rings. The quantitative estimate of drug-likeness (QED) is 0.645. The molecule has 0 aliphatic carbocycles. The van der Waals surface area contributed by atoms with E-state index in [1.54, 1.807) is 6.92 Å². The highest BCUT2D eigenvalue weighted by atomic mass is 32.2. The number of ether oxygens (including phenoxy) is 1. The van der Waals surface area contributed by atoms with Crippen LogP contribution in [0.15, 0.2) is 28.0 Å². The van der Waals surface area contributed by atoms with Crippen molar-refractivity contribution in [2.45, 2.75) is 36.2 Å². The van der Waals surface area contributed by atoms with Crippen molar-refractivity contribution in [3.8, 4) is 0 Å². The summed E-state index contributed by atoms with van der Waals surface area (Å²) >= 11 is 0. The summed E-state index contributed by atoms with van der Waals surface area (Å²) in [6.45, 7) is 5.27. The Balaban J connectivity index is 1.92. The van der Waals surface area contributed by atoms with Gasteiger partial charge in [-0.3, -0.25) is 0 Å². The molecule has 0 saturated carbocycles. The van der Waals surface area contributed by atoms with Crippen molar-refractivity contribution in [3.05, 3.63) is 35.7 Å². The number of benzene rings is 1. The number of hydrogen-bond acceptors (Lipinski definition) is 7. The number of nitrogen functional groups attached to an aromatic ring is 1. The van der Waals surface area contributed by atoms with Crippen LogP contribution in [0.1, 0.15) is 19.2 Å². The van der Waals surface area contributed by atoms with E-state index in [0.717, 1.165) is 24.6 Å². The molecule has 1 aliphatic rings. The second-order valence-electron chi connectivity index (χ2n) is 7.09. The molecule has 30 heavy (non-hydrogen) atoms. The van der Waals surface area contributed by atoms with Crippen molar-refractivity contribution < 1.29 is 21.9 Å². The summed E-state index contributed by atoms with van der Waals surface area (Å²) < 4.78 is 60.1. The van der Waals surface area contributed by atoms with Crippen molar-refractivity contribution >= 4 is 32.5 Å². The summed E-state index contributed by atoms with van der Waals surface area (Å²) in [5.74, 6) is -2.12. The molecule has 1 unspecified atom stereocenters. The zero-order chi connectivity index (χ0) is 21.6. The van der Waals surface area contributed by atoms with Gasteiger partial charge in [-0.2, -0.15) is 0 Å². The van der Waals surface area contributed by atoms with Crippen LogP contribution in [0, 0.1) is 18.6 Å². The maximum atomic E-state index is 14.3. The average molecular weight is 437 g/mol. The Kier molecular flexibility index (Phi) is 5.10. The van der Waals surface area contributed by atoms with Gasteiger partial charge in [-0.1, -0.05) is 13.0 Å². The number of morpholine rings is 1. The van der Waals surface area contributed by atoms with Crippen LogP contribution in [0.2, 0.25) is 0 Å². The fraction of sp³-hybridized carbons (Fsp3) is 0.368. The normalized spacial score (nSPS) is 17.6. The molecular weight excluding hydrogens is 416 g/mol. The monoisotopic (exact) mass is 437 g/mol. The predicted octanol–water partition coefficient (Wildman–Crippen LogP) is 2.57.